The van der Waals surface area contributed by atoms with Crippen molar-refractivity contribution in [3.63, 3.8) is 0 Å². The van der Waals surface area contributed by atoms with Gasteiger partial charge in [0, 0.05) is 6.54 Å². The van der Waals surface area contributed by atoms with Gasteiger partial charge < -0.3 is 9.47 Å². The molecule has 1 aliphatic heterocycles. The highest BCUT2D eigenvalue weighted by atomic mass is 16.7. The maximum atomic E-state index is 11.3. The molecule has 0 bridgehead atoms. The van der Waals surface area contributed by atoms with Gasteiger partial charge in [0.05, 0.1) is 7.11 Å². The fourth-order valence-electron chi connectivity index (χ4n) is 1.40. The molecule has 1 aliphatic rings. The van der Waals surface area contributed by atoms with E-state index in [1.165, 1.54) is 5.01 Å². The molecule has 6 heteroatoms. The van der Waals surface area contributed by atoms with Crippen molar-refractivity contribution in [3.8, 4) is 0 Å². The van der Waals surface area contributed by atoms with Crippen molar-refractivity contribution < 1.29 is 19.1 Å². The maximum Gasteiger partial charge on any atom is 0.515 e. The first-order chi connectivity index (χ1) is 6.65. The van der Waals surface area contributed by atoms with Crippen LogP contribution in [-0.4, -0.2) is 36.8 Å². The Morgan fingerprint density at radius 3 is 2.71 bits per heavy atom. The number of esters is 1. The molecule has 0 amide bonds. The van der Waals surface area contributed by atoms with E-state index in [2.05, 4.69) is 9.47 Å². The molecule has 14 heavy (non-hydrogen) atoms. The summed E-state index contributed by atoms with van der Waals surface area (Å²) in [6.45, 7) is 0.640. The molecule has 0 aromatic heterocycles. The number of nitrogens with two attached hydrogens (primary N) is 1. The Morgan fingerprint density at radius 1 is 1.43 bits per heavy atom. The van der Waals surface area contributed by atoms with Crippen LogP contribution in [0.1, 0.15) is 19.3 Å². The summed E-state index contributed by atoms with van der Waals surface area (Å²) in [5, 5.41) is 1.40. The standard InChI is InChI=1S/C8H14N2O4/c1-13-8(12)14-7(11)6-4-2-3-5-10(6)9/h6H,2-5,9H2,1H3. The van der Waals surface area contributed by atoms with Gasteiger partial charge >= 0.3 is 12.1 Å². The van der Waals surface area contributed by atoms with Gasteiger partial charge in [0.15, 0.2) is 0 Å². The van der Waals surface area contributed by atoms with Crippen molar-refractivity contribution in [2.24, 2.45) is 5.84 Å². The quantitative estimate of drug-likeness (QED) is 0.367. The first-order valence-electron chi connectivity index (χ1n) is 4.46. The fourth-order valence-corrected chi connectivity index (χ4v) is 1.40. The van der Waals surface area contributed by atoms with Crippen LogP contribution in [0.3, 0.4) is 0 Å². The molecule has 2 N–H and O–H groups in total. The van der Waals surface area contributed by atoms with Gasteiger partial charge in [-0.3, -0.25) is 5.84 Å². The first-order valence-corrected chi connectivity index (χ1v) is 4.46. The second-order valence-corrected chi connectivity index (χ2v) is 3.12. The minimum Gasteiger partial charge on any atom is -0.437 e. The molecule has 80 valence electrons. The van der Waals surface area contributed by atoms with Crippen molar-refractivity contribution in [2.45, 2.75) is 25.3 Å². The number of carbonyl (C=O) groups is 2. The minimum atomic E-state index is -0.992. The second kappa shape index (κ2) is 4.92. The summed E-state index contributed by atoms with van der Waals surface area (Å²) in [6, 6.07) is -0.525. The number of ether oxygens (including phenoxy) is 2. The number of carbonyl (C=O) groups excluding carboxylic acids is 2. The zero-order valence-electron chi connectivity index (χ0n) is 8.06. The highest BCUT2D eigenvalue weighted by Crippen LogP contribution is 2.14. The molecule has 0 aromatic carbocycles. The Balaban J connectivity index is 2.46. The molecule has 1 fully saturated rings. The number of hydrogen-bond acceptors (Lipinski definition) is 6. The van der Waals surface area contributed by atoms with E-state index in [1.807, 2.05) is 0 Å². The van der Waals surface area contributed by atoms with Crippen molar-refractivity contribution in [2.75, 3.05) is 13.7 Å². The zero-order valence-corrected chi connectivity index (χ0v) is 8.06. The number of piperidine rings is 1. The number of hydrazine groups is 1. The van der Waals surface area contributed by atoms with E-state index in [0.29, 0.717) is 13.0 Å². The highest BCUT2D eigenvalue weighted by Gasteiger charge is 2.29. The van der Waals surface area contributed by atoms with Gasteiger partial charge in [-0.1, -0.05) is 0 Å². The van der Waals surface area contributed by atoms with E-state index in [4.69, 9.17) is 5.84 Å². The third-order valence-electron chi connectivity index (χ3n) is 2.17. The van der Waals surface area contributed by atoms with Gasteiger partial charge in [-0.15, -0.1) is 0 Å². The third kappa shape index (κ3) is 2.68. The molecule has 6 nitrogen and oxygen atoms in total. The average molecular weight is 202 g/mol. The molecule has 0 radical (unpaired) electrons. The number of methoxy groups -OCH3 is 1. The van der Waals surface area contributed by atoms with Crippen LogP contribution in [0.4, 0.5) is 4.79 Å². The van der Waals surface area contributed by atoms with Crippen LogP contribution in [0, 0.1) is 0 Å². The van der Waals surface area contributed by atoms with E-state index in [1.54, 1.807) is 0 Å². The lowest BCUT2D eigenvalue weighted by Gasteiger charge is -2.29. The molecule has 0 aromatic rings. The Bertz CT molecular complexity index is 231. The molecule has 0 saturated carbocycles. The Kier molecular flexibility index (Phi) is 3.84. The summed E-state index contributed by atoms with van der Waals surface area (Å²) in [7, 11) is 1.15. The molecule has 1 unspecified atom stereocenters. The molecular formula is C8H14N2O4. The van der Waals surface area contributed by atoms with Crippen LogP contribution in [-0.2, 0) is 14.3 Å². The van der Waals surface area contributed by atoms with E-state index in [9.17, 15) is 9.59 Å². The van der Waals surface area contributed by atoms with Crippen molar-refractivity contribution >= 4 is 12.1 Å². The largest absolute Gasteiger partial charge is 0.515 e. The van der Waals surface area contributed by atoms with Crippen LogP contribution >= 0.6 is 0 Å². The predicted octanol–water partition coefficient (Wildman–Crippen LogP) is 0.0242. The minimum absolute atomic E-state index is 0.525. The van der Waals surface area contributed by atoms with Crippen molar-refractivity contribution in [3.05, 3.63) is 0 Å². The SMILES string of the molecule is COC(=O)OC(=O)C1CCCCN1N. The molecule has 1 saturated heterocycles. The molecular weight excluding hydrogens is 188 g/mol. The van der Waals surface area contributed by atoms with Crippen molar-refractivity contribution in [1.29, 1.82) is 0 Å². The van der Waals surface area contributed by atoms with Gasteiger partial charge in [0.1, 0.15) is 6.04 Å². The second-order valence-electron chi connectivity index (χ2n) is 3.12. The smallest absolute Gasteiger partial charge is 0.437 e. The zero-order chi connectivity index (χ0) is 10.6. The highest BCUT2D eigenvalue weighted by molar-refractivity contribution is 5.85. The Hall–Kier alpha value is -1.14. The normalized spacial score (nSPS) is 22.9. The van der Waals surface area contributed by atoms with E-state index in [-0.39, 0.29) is 0 Å². The lowest BCUT2D eigenvalue weighted by atomic mass is 10.0. The monoisotopic (exact) mass is 202 g/mol. The van der Waals surface area contributed by atoms with E-state index in [0.717, 1.165) is 20.0 Å². The lowest BCUT2D eigenvalue weighted by Crippen LogP contribution is -2.49. The topological polar surface area (TPSA) is 81.9 Å². The molecule has 1 atom stereocenters. The van der Waals surface area contributed by atoms with Gasteiger partial charge in [-0.2, -0.15) is 0 Å². The van der Waals surface area contributed by atoms with Crippen LogP contribution in [0.5, 0.6) is 0 Å². The van der Waals surface area contributed by atoms with Crippen LogP contribution in [0.2, 0.25) is 0 Å². The summed E-state index contributed by atoms with van der Waals surface area (Å²) >= 11 is 0. The van der Waals surface area contributed by atoms with Crippen LogP contribution in [0.25, 0.3) is 0 Å². The first kappa shape index (κ1) is 10.9. The summed E-state index contributed by atoms with van der Waals surface area (Å²) in [5.74, 6) is 4.94. The molecule has 1 heterocycles. The summed E-state index contributed by atoms with van der Waals surface area (Å²) in [5.41, 5.74) is 0. The Morgan fingerprint density at radius 2 is 2.14 bits per heavy atom. The van der Waals surface area contributed by atoms with Gasteiger partial charge in [-0.25, -0.2) is 14.6 Å². The molecule has 1 rings (SSSR count). The van der Waals surface area contributed by atoms with Crippen LogP contribution < -0.4 is 5.84 Å². The summed E-state index contributed by atoms with van der Waals surface area (Å²) < 4.78 is 8.59. The maximum absolute atomic E-state index is 11.3. The van der Waals surface area contributed by atoms with Crippen molar-refractivity contribution in [1.82, 2.24) is 5.01 Å². The molecule has 0 aliphatic carbocycles. The number of nitrogens with zero attached hydrogens (tertiary/aromatic N) is 1. The summed E-state index contributed by atoms with van der Waals surface area (Å²) in [6.07, 6.45) is 1.49. The number of hydrogen-bond donors (Lipinski definition) is 1. The Labute approximate surface area is 81.9 Å². The lowest BCUT2D eigenvalue weighted by molar-refractivity contribution is -0.147. The average Bonchev–Trinajstić information content (AvgIpc) is 2.18. The fraction of sp³-hybridized carbons (Fsp3) is 0.750. The van der Waals surface area contributed by atoms with Gasteiger partial charge in [0.2, 0.25) is 0 Å². The number of rotatable bonds is 1. The molecule has 0 spiro atoms. The van der Waals surface area contributed by atoms with Crippen LogP contribution in [0.15, 0.2) is 0 Å². The van der Waals surface area contributed by atoms with Gasteiger partial charge in [0.25, 0.3) is 0 Å². The van der Waals surface area contributed by atoms with Gasteiger partial charge in [-0.05, 0) is 19.3 Å². The predicted molar refractivity (Wildman–Crippen MR) is 47.0 cm³/mol. The van der Waals surface area contributed by atoms with E-state index < -0.39 is 18.2 Å². The third-order valence-corrected chi connectivity index (χ3v) is 2.17. The summed E-state index contributed by atoms with van der Waals surface area (Å²) in [4.78, 5) is 22.0. The van der Waals surface area contributed by atoms with E-state index >= 15 is 0 Å².